The molecule has 0 saturated heterocycles. The van der Waals surface area contributed by atoms with Crippen LogP contribution < -0.4 is 16.0 Å². The summed E-state index contributed by atoms with van der Waals surface area (Å²) in [5, 5.41) is 9.17. The molecule has 0 aliphatic heterocycles. The first-order valence-corrected chi connectivity index (χ1v) is 7.81. The summed E-state index contributed by atoms with van der Waals surface area (Å²) in [6.45, 7) is 5.86. The highest BCUT2D eigenvalue weighted by Crippen LogP contribution is 2.08. The molecule has 0 atom stereocenters. The number of hydrogen-bond donors (Lipinski definition) is 3. The van der Waals surface area contributed by atoms with Crippen molar-refractivity contribution in [3.05, 3.63) is 47.7 Å². The van der Waals surface area contributed by atoms with E-state index in [0.29, 0.717) is 25.5 Å². The van der Waals surface area contributed by atoms with Crippen molar-refractivity contribution >= 4 is 17.7 Å². The molecule has 0 aliphatic rings. The standard InChI is InChI=1S/C17H23N5O/c1-3-18-15-11-13(2)21-17(22-15)20-10-9-19-16(23)12-14-7-5-4-6-8-14/h4-8,11H,3,9-10,12H2,1-2H3,(H,19,23)(H2,18,20,21,22). The van der Waals surface area contributed by atoms with E-state index in [4.69, 9.17) is 0 Å². The molecular formula is C17H23N5O. The monoisotopic (exact) mass is 313 g/mol. The Morgan fingerprint density at radius 1 is 1.09 bits per heavy atom. The van der Waals surface area contributed by atoms with Crippen molar-refractivity contribution in [2.24, 2.45) is 0 Å². The molecule has 1 aromatic carbocycles. The van der Waals surface area contributed by atoms with Gasteiger partial charge in [-0.1, -0.05) is 30.3 Å². The summed E-state index contributed by atoms with van der Waals surface area (Å²) in [5.74, 6) is 1.38. The van der Waals surface area contributed by atoms with E-state index in [2.05, 4.69) is 25.9 Å². The topological polar surface area (TPSA) is 78.9 Å². The number of carbonyl (C=O) groups is 1. The molecule has 0 unspecified atom stereocenters. The van der Waals surface area contributed by atoms with Crippen LogP contribution in [0.25, 0.3) is 0 Å². The highest BCUT2D eigenvalue weighted by atomic mass is 16.1. The normalized spacial score (nSPS) is 10.2. The fourth-order valence-corrected chi connectivity index (χ4v) is 2.14. The van der Waals surface area contributed by atoms with E-state index in [1.807, 2.05) is 50.2 Å². The van der Waals surface area contributed by atoms with E-state index in [9.17, 15) is 4.79 Å². The number of benzene rings is 1. The Labute approximate surface area is 136 Å². The lowest BCUT2D eigenvalue weighted by Crippen LogP contribution is -2.30. The molecule has 6 nitrogen and oxygen atoms in total. The van der Waals surface area contributed by atoms with Crippen LogP contribution in [-0.4, -0.2) is 35.5 Å². The molecule has 0 aliphatic carbocycles. The molecule has 0 fully saturated rings. The third-order valence-corrected chi connectivity index (χ3v) is 3.15. The van der Waals surface area contributed by atoms with E-state index in [1.54, 1.807) is 0 Å². The van der Waals surface area contributed by atoms with Crippen molar-refractivity contribution in [2.45, 2.75) is 20.3 Å². The first-order valence-electron chi connectivity index (χ1n) is 7.81. The van der Waals surface area contributed by atoms with Gasteiger partial charge in [0.1, 0.15) is 5.82 Å². The Kier molecular flexibility index (Phi) is 6.35. The molecule has 0 spiro atoms. The molecule has 2 rings (SSSR count). The first-order chi connectivity index (χ1) is 11.2. The molecule has 122 valence electrons. The molecule has 0 bridgehead atoms. The summed E-state index contributed by atoms with van der Waals surface area (Å²) in [6.07, 6.45) is 0.395. The molecule has 2 aromatic rings. The van der Waals surface area contributed by atoms with Gasteiger partial charge in [0.2, 0.25) is 11.9 Å². The quantitative estimate of drug-likeness (QED) is 0.650. The van der Waals surface area contributed by atoms with Crippen LogP contribution in [0.4, 0.5) is 11.8 Å². The number of anilines is 2. The third kappa shape index (κ3) is 5.94. The fraction of sp³-hybridized carbons (Fsp3) is 0.353. The molecule has 1 amide bonds. The molecule has 23 heavy (non-hydrogen) atoms. The number of nitrogens with one attached hydrogen (secondary N) is 3. The van der Waals surface area contributed by atoms with Crippen LogP contribution >= 0.6 is 0 Å². The van der Waals surface area contributed by atoms with Gasteiger partial charge < -0.3 is 16.0 Å². The summed E-state index contributed by atoms with van der Waals surface area (Å²) < 4.78 is 0. The zero-order valence-corrected chi connectivity index (χ0v) is 13.6. The predicted octanol–water partition coefficient (Wildman–Crippen LogP) is 1.99. The summed E-state index contributed by atoms with van der Waals surface area (Å²) in [7, 11) is 0. The Balaban J connectivity index is 1.73. The van der Waals surface area contributed by atoms with Gasteiger partial charge in [-0.05, 0) is 19.4 Å². The third-order valence-electron chi connectivity index (χ3n) is 3.15. The summed E-state index contributed by atoms with van der Waals surface area (Å²) >= 11 is 0. The van der Waals surface area contributed by atoms with Gasteiger partial charge in [0.15, 0.2) is 0 Å². The SMILES string of the molecule is CCNc1cc(C)nc(NCCNC(=O)Cc2ccccc2)n1. The average molecular weight is 313 g/mol. The van der Waals surface area contributed by atoms with Gasteiger partial charge in [0.05, 0.1) is 6.42 Å². The van der Waals surface area contributed by atoms with Crippen molar-refractivity contribution in [3.63, 3.8) is 0 Å². The van der Waals surface area contributed by atoms with Crippen molar-refractivity contribution in [1.29, 1.82) is 0 Å². The highest BCUT2D eigenvalue weighted by Gasteiger charge is 2.03. The highest BCUT2D eigenvalue weighted by molar-refractivity contribution is 5.78. The van der Waals surface area contributed by atoms with Gasteiger partial charge >= 0.3 is 0 Å². The van der Waals surface area contributed by atoms with Gasteiger partial charge in [0.25, 0.3) is 0 Å². The van der Waals surface area contributed by atoms with E-state index in [-0.39, 0.29) is 5.91 Å². The van der Waals surface area contributed by atoms with E-state index in [0.717, 1.165) is 23.6 Å². The number of rotatable bonds is 8. The van der Waals surface area contributed by atoms with Gasteiger partial charge in [-0.3, -0.25) is 4.79 Å². The lowest BCUT2D eigenvalue weighted by Gasteiger charge is -2.09. The van der Waals surface area contributed by atoms with Gasteiger partial charge in [-0.25, -0.2) is 4.98 Å². The van der Waals surface area contributed by atoms with Gasteiger partial charge in [-0.15, -0.1) is 0 Å². The molecule has 6 heteroatoms. The minimum atomic E-state index is 0.0106. The average Bonchev–Trinajstić information content (AvgIpc) is 2.52. The van der Waals surface area contributed by atoms with Crippen molar-refractivity contribution in [2.75, 3.05) is 30.3 Å². The Morgan fingerprint density at radius 3 is 2.61 bits per heavy atom. The lowest BCUT2D eigenvalue weighted by molar-refractivity contribution is -0.120. The van der Waals surface area contributed by atoms with Gasteiger partial charge in [0, 0.05) is 31.4 Å². The second-order valence-corrected chi connectivity index (χ2v) is 5.19. The molecule has 1 heterocycles. The van der Waals surface area contributed by atoms with E-state index >= 15 is 0 Å². The molecule has 1 aromatic heterocycles. The number of aryl methyl sites for hydroxylation is 1. The summed E-state index contributed by atoms with van der Waals surface area (Å²) in [4.78, 5) is 20.5. The zero-order valence-electron chi connectivity index (χ0n) is 13.6. The fourth-order valence-electron chi connectivity index (χ4n) is 2.14. The second-order valence-electron chi connectivity index (χ2n) is 5.19. The van der Waals surface area contributed by atoms with E-state index < -0.39 is 0 Å². The van der Waals surface area contributed by atoms with Crippen LogP contribution in [-0.2, 0) is 11.2 Å². The van der Waals surface area contributed by atoms with Crippen molar-refractivity contribution in [1.82, 2.24) is 15.3 Å². The lowest BCUT2D eigenvalue weighted by atomic mass is 10.1. The van der Waals surface area contributed by atoms with Crippen LogP contribution in [0.3, 0.4) is 0 Å². The van der Waals surface area contributed by atoms with Crippen LogP contribution in [0.15, 0.2) is 36.4 Å². The smallest absolute Gasteiger partial charge is 0.224 e. The molecule has 0 radical (unpaired) electrons. The van der Waals surface area contributed by atoms with Crippen molar-refractivity contribution < 1.29 is 4.79 Å². The second kappa shape index (κ2) is 8.73. The van der Waals surface area contributed by atoms with Crippen LogP contribution in [0, 0.1) is 6.92 Å². The summed E-state index contributed by atoms with van der Waals surface area (Å²) in [5.41, 5.74) is 1.90. The van der Waals surface area contributed by atoms with Crippen LogP contribution in [0.2, 0.25) is 0 Å². The Bertz CT molecular complexity index is 630. The van der Waals surface area contributed by atoms with Gasteiger partial charge in [-0.2, -0.15) is 4.98 Å². The van der Waals surface area contributed by atoms with Crippen LogP contribution in [0.5, 0.6) is 0 Å². The van der Waals surface area contributed by atoms with E-state index in [1.165, 1.54) is 0 Å². The van der Waals surface area contributed by atoms with Crippen molar-refractivity contribution in [3.8, 4) is 0 Å². The largest absolute Gasteiger partial charge is 0.370 e. The zero-order chi connectivity index (χ0) is 16.5. The summed E-state index contributed by atoms with van der Waals surface area (Å²) in [6, 6.07) is 11.6. The molecule has 3 N–H and O–H groups in total. The number of amides is 1. The predicted molar refractivity (Wildman–Crippen MR) is 92.6 cm³/mol. The minimum absolute atomic E-state index is 0.0106. The maximum Gasteiger partial charge on any atom is 0.224 e. The van der Waals surface area contributed by atoms with Crippen LogP contribution in [0.1, 0.15) is 18.2 Å². The minimum Gasteiger partial charge on any atom is -0.370 e. The Hall–Kier alpha value is -2.63. The molecular weight excluding hydrogens is 290 g/mol. The number of nitrogens with zero attached hydrogens (tertiary/aromatic N) is 2. The Morgan fingerprint density at radius 2 is 1.87 bits per heavy atom. The number of aromatic nitrogens is 2. The maximum absolute atomic E-state index is 11.8. The number of carbonyl (C=O) groups excluding carboxylic acids is 1. The first kappa shape index (κ1) is 16.7. The molecule has 0 saturated carbocycles. The number of hydrogen-bond acceptors (Lipinski definition) is 5. The maximum atomic E-state index is 11.8.